The molecule has 31 heavy (non-hydrogen) atoms. The van der Waals surface area contributed by atoms with Gasteiger partial charge in [-0.2, -0.15) is 0 Å². The number of anilines is 1. The van der Waals surface area contributed by atoms with Crippen LogP contribution in [0.2, 0.25) is 5.02 Å². The Labute approximate surface area is 188 Å². The lowest BCUT2D eigenvalue weighted by Gasteiger charge is -2.08. The third-order valence-corrected chi connectivity index (χ3v) is 5.90. The monoisotopic (exact) mass is 453 g/mol. The molecule has 0 bridgehead atoms. The van der Waals surface area contributed by atoms with Crippen molar-refractivity contribution in [3.63, 3.8) is 0 Å². The Hall–Kier alpha value is -3.16. The summed E-state index contributed by atoms with van der Waals surface area (Å²) in [5.41, 5.74) is 4.36. The van der Waals surface area contributed by atoms with Crippen LogP contribution >= 0.6 is 22.9 Å². The molecule has 1 amide bonds. The van der Waals surface area contributed by atoms with E-state index in [2.05, 4.69) is 10.3 Å². The van der Waals surface area contributed by atoms with Gasteiger partial charge in [0.05, 0.1) is 18.7 Å². The summed E-state index contributed by atoms with van der Waals surface area (Å²) in [7, 11) is 0. The molecule has 0 aliphatic heterocycles. The second-order valence-electron chi connectivity index (χ2n) is 6.96. The molecule has 0 atom stereocenters. The number of carbonyl (C=O) groups excluding carboxylic acids is 2. The van der Waals surface area contributed by atoms with E-state index in [9.17, 15) is 9.59 Å². The van der Waals surface area contributed by atoms with Crippen LogP contribution in [0.5, 0.6) is 0 Å². The number of rotatable bonds is 6. The molecule has 0 saturated carbocycles. The second-order valence-corrected chi connectivity index (χ2v) is 8.28. The largest absolute Gasteiger partial charge is 0.462 e. The molecule has 158 valence electrons. The topological polar surface area (TPSA) is 72.7 Å². The number of imidazole rings is 1. The predicted molar refractivity (Wildman–Crippen MR) is 123 cm³/mol. The van der Waals surface area contributed by atoms with Crippen LogP contribution in [-0.4, -0.2) is 27.9 Å². The van der Waals surface area contributed by atoms with E-state index < -0.39 is 5.97 Å². The standard InChI is InChI=1S/C23H20ClN3O3S/c1-3-30-23(29)20-18(15-6-8-16(24)9-7-15)13-31-22(20)26-19(28)11-17-12-27-10-4-5-14(2)21(27)25-17/h4-10,12-13H,3,11H2,1-2H3,(H,26,28). The summed E-state index contributed by atoms with van der Waals surface area (Å²) in [6.45, 7) is 3.96. The molecule has 6 nitrogen and oxygen atoms in total. The zero-order valence-corrected chi connectivity index (χ0v) is 18.6. The summed E-state index contributed by atoms with van der Waals surface area (Å²) < 4.78 is 7.14. The number of esters is 1. The Kier molecular flexibility index (Phi) is 6.06. The number of nitrogens with zero attached hydrogens (tertiary/aromatic N) is 2. The van der Waals surface area contributed by atoms with Gasteiger partial charge in [0.2, 0.25) is 5.91 Å². The summed E-state index contributed by atoms with van der Waals surface area (Å²) >= 11 is 7.27. The number of aryl methyl sites for hydroxylation is 1. The lowest BCUT2D eigenvalue weighted by Crippen LogP contribution is -2.16. The van der Waals surface area contributed by atoms with E-state index in [1.165, 1.54) is 11.3 Å². The molecule has 0 fully saturated rings. The maximum atomic E-state index is 12.7. The smallest absolute Gasteiger partial charge is 0.341 e. The van der Waals surface area contributed by atoms with E-state index in [-0.39, 0.29) is 18.9 Å². The van der Waals surface area contributed by atoms with E-state index in [1.54, 1.807) is 19.1 Å². The fraction of sp³-hybridized carbons (Fsp3) is 0.174. The van der Waals surface area contributed by atoms with Crippen LogP contribution in [0.4, 0.5) is 5.00 Å². The van der Waals surface area contributed by atoms with Crippen molar-refractivity contribution < 1.29 is 14.3 Å². The van der Waals surface area contributed by atoms with E-state index in [0.717, 1.165) is 16.8 Å². The summed E-state index contributed by atoms with van der Waals surface area (Å²) in [6, 6.07) is 11.1. The van der Waals surface area contributed by atoms with E-state index >= 15 is 0 Å². The first-order chi connectivity index (χ1) is 15.0. The van der Waals surface area contributed by atoms with Gasteiger partial charge in [-0.15, -0.1) is 11.3 Å². The van der Waals surface area contributed by atoms with Gasteiger partial charge >= 0.3 is 5.97 Å². The quantitative estimate of drug-likeness (QED) is 0.397. The van der Waals surface area contributed by atoms with E-state index in [0.29, 0.717) is 26.8 Å². The third-order valence-electron chi connectivity index (χ3n) is 4.75. The van der Waals surface area contributed by atoms with Crippen molar-refractivity contribution in [2.75, 3.05) is 11.9 Å². The normalized spacial score (nSPS) is 10.9. The van der Waals surface area contributed by atoms with Crippen molar-refractivity contribution in [1.82, 2.24) is 9.38 Å². The number of hydrogen-bond acceptors (Lipinski definition) is 5. The number of aromatic nitrogens is 2. The van der Waals surface area contributed by atoms with E-state index in [4.69, 9.17) is 16.3 Å². The van der Waals surface area contributed by atoms with Gasteiger partial charge in [-0.25, -0.2) is 9.78 Å². The zero-order chi connectivity index (χ0) is 22.0. The summed E-state index contributed by atoms with van der Waals surface area (Å²) in [6.07, 6.45) is 3.83. The maximum absolute atomic E-state index is 12.7. The Balaban J connectivity index is 1.60. The highest BCUT2D eigenvalue weighted by Gasteiger charge is 2.23. The van der Waals surface area contributed by atoms with Crippen LogP contribution < -0.4 is 5.32 Å². The van der Waals surface area contributed by atoms with Gasteiger partial charge in [0, 0.05) is 28.4 Å². The number of halogens is 1. The molecule has 0 aliphatic carbocycles. The van der Waals surface area contributed by atoms with Crippen molar-refractivity contribution >= 4 is 45.5 Å². The maximum Gasteiger partial charge on any atom is 0.341 e. The minimum atomic E-state index is -0.479. The number of benzene rings is 1. The highest BCUT2D eigenvalue weighted by Crippen LogP contribution is 2.36. The van der Waals surface area contributed by atoms with Gasteiger partial charge in [-0.05, 0) is 43.2 Å². The second kappa shape index (κ2) is 8.91. The molecule has 0 radical (unpaired) electrons. The molecule has 0 spiro atoms. The van der Waals surface area contributed by atoms with Crippen LogP contribution in [0.15, 0.2) is 54.2 Å². The van der Waals surface area contributed by atoms with E-state index in [1.807, 2.05) is 53.4 Å². The SMILES string of the molecule is CCOC(=O)c1c(-c2ccc(Cl)cc2)csc1NC(=O)Cc1cn2cccc(C)c2n1. The molecule has 8 heteroatoms. The van der Waals surface area contributed by atoms with Crippen molar-refractivity contribution in [2.45, 2.75) is 20.3 Å². The molecular formula is C23H20ClN3O3S. The van der Waals surface area contributed by atoms with Crippen LogP contribution in [0, 0.1) is 6.92 Å². The van der Waals surface area contributed by atoms with Gasteiger partial charge in [0.25, 0.3) is 0 Å². The number of pyridine rings is 1. The molecular weight excluding hydrogens is 434 g/mol. The third kappa shape index (κ3) is 4.47. The molecule has 4 aromatic rings. The first kappa shape index (κ1) is 21.1. The molecule has 3 aromatic heterocycles. The van der Waals surface area contributed by atoms with Crippen molar-refractivity contribution in [3.8, 4) is 11.1 Å². The Morgan fingerprint density at radius 2 is 2.00 bits per heavy atom. The lowest BCUT2D eigenvalue weighted by molar-refractivity contribution is -0.115. The number of nitrogens with one attached hydrogen (secondary N) is 1. The number of ether oxygens (including phenoxy) is 1. The molecule has 1 N–H and O–H groups in total. The van der Waals surface area contributed by atoms with Gasteiger partial charge in [-0.3, -0.25) is 4.79 Å². The number of amides is 1. The Bertz CT molecular complexity index is 1260. The van der Waals surface area contributed by atoms with Crippen LogP contribution in [0.1, 0.15) is 28.5 Å². The van der Waals surface area contributed by atoms with Crippen molar-refractivity contribution in [2.24, 2.45) is 0 Å². The van der Waals surface area contributed by atoms with Gasteiger partial charge < -0.3 is 14.5 Å². The summed E-state index contributed by atoms with van der Waals surface area (Å²) in [5.74, 6) is -0.733. The molecule has 0 saturated heterocycles. The molecule has 1 aromatic carbocycles. The minimum Gasteiger partial charge on any atom is -0.462 e. The molecule has 4 rings (SSSR count). The predicted octanol–water partition coefficient (Wildman–Crippen LogP) is 5.38. The van der Waals surface area contributed by atoms with Crippen LogP contribution in [0.25, 0.3) is 16.8 Å². The van der Waals surface area contributed by atoms with Crippen molar-refractivity contribution in [3.05, 3.63) is 76.0 Å². The zero-order valence-electron chi connectivity index (χ0n) is 17.0. The van der Waals surface area contributed by atoms with Gasteiger partial charge in [-0.1, -0.05) is 29.8 Å². The first-order valence-corrected chi connectivity index (χ1v) is 11.0. The summed E-state index contributed by atoms with van der Waals surface area (Å²) in [4.78, 5) is 30.0. The Morgan fingerprint density at radius 1 is 1.23 bits per heavy atom. The average molecular weight is 454 g/mol. The van der Waals surface area contributed by atoms with Gasteiger partial charge in [0.15, 0.2) is 0 Å². The van der Waals surface area contributed by atoms with Crippen molar-refractivity contribution in [1.29, 1.82) is 0 Å². The molecule has 0 unspecified atom stereocenters. The average Bonchev–Trinajstić information content (AvgIpc) is 3.33. The highest BCUT2D eigenvalue weighted by molar-refractivity contribution is 7.15. The fourth-order valence-electron chi connectivity index (χ4n) is 3.32. The number of carbonyl (C=O) groups is 2. The number of fused-ring (bicyclic) bond motifs is 1. The highest BCUT2D eigenvalue weighted by atomic mass is 35.5. The lowest BCUT2D eigenvalue weighted by atomic mass is 10.0. The van der Waals surface area contributed by atoms with Gasteiger partial charge in [0.1, 0.15) is 16.2 Å². The molecule has 3 heterocycles. The minimum absolute atomic E-state index is 0.0948. The van der Waals surface area contributed by atoms with Crippen LogP contribution in [-0.2, 0) is 16.0 Å². The molecule has 0 aliphatic rings. The fourth-order valence-corrected chi connectivity index (χ4v) is 4.42. The Morgan fingerprint density at radius 3 is 2.71 bits per heavy atom. The summed E-state index contributed by atoms with van der Waals surface area (Å²) in [5, 5.41) is 5.75. The number of thiophene rings is 1. The first-order valence-electron chi connectivity index (χ1n) is 9.74. The van der Waals surface area contributed by atoms with Crippen LogP contribution in [0.3, 0.4) is 0 Å². The number of hydrogen-bond donors (Lipinski definition) is 1.